The number of nitrogens with one attached hydrogen (secondary N) is 1. The maximum absolute atomic E-state index is 13.5. The lowest BCUT2D eigenvalue weighted by molar-refractivity contribution is -0.384. The zero-order valence-corrected chi connectivity index (χ0v) is 22.0. The monoisotopic (exact) mass is 540 g/mol. The lowest BCUT2D eigenvalue weighted by atomic mass is 10.1. The number of amides is 2. The van der Waals surface area contributed by atoms with Gasteiger partial charge >= 0.3 is 0 Å². The van der Waals surface area contributed by atoms with Crippen LogP contribution < -0.4 is 14.4 Å². The number of nitro benzene ring substituents is 1. The average Bonchev–Trinajstić information content (AvgIpc) is 2.82. The molecule has 2 rings (SSSR count). The number of halogens is 1. The quantitative estimate of drug-likeness (QED) is 0.322. The Balaban J connectivity index is 2.50. The third-order valence-corrected chi connectivity index (χ3v) is 6.64. The summed E-state index contributed by atoms with van der Waals surface area (Å²) in [6.07, 6.45) is 1.56. The van der Waals surface area contributed by atoms with E-state index in [2.05, 4.69) is 5.32 Å². The van der Waals surface area contributed by atoms with Crippen molar-refractivity contribution in [1.82, 2.24) is 10.2 Å². The molecule has 1 N–H and O–H groups in total. The fourth-order valence-electron chi connectivity index (χ4n) is 3.39. The highest BCUT2D eigenvalue weighted by Gasteiger charge is 2.32. The van der Waals surface area contributed by atoms with Crippen LogP contribution in [0.1, 0.15) is 25.8 Å². The van der Waals surface area contributed by atoms with Crippen LogP contribution in [0.25, 0.3) is 0 Å². The van der Waals surface area contributed by atoms with Gasteiger partial charge in [-0.15, -0.1) is 0 Å². The molecule has 0 fully saturated rings. The number of nitro groups is 1. The zero-order chi connectivity index (χ0) is 27.0. The Bertz CT molecular complexity index is 1220. The molecule has 0 bridgehead atoms. The van der Waals surface area contributed by atoms with Crippen LogP contribution in [-0.4, -0.2) is 62.6 Å². The lowest BCUT2D eigenvalue weighted by Crippen LogP contribution is -2.51. The van der Waals surface area contributed by atoms with Crippen molar-refractivity contribution in [1.29, 1.82) is 0 Å². The van der Waals surface area contributed by atoms with Crippen LogP contribution in [0.5, 0.6) is 5.75 Å². The summed E-state index contributed by atoms with van der Waals surface area (Å²) in [7, 11) is -2.82. The number of methoxy groups -OCH3 is 1. The number of carbonyl (C=O) groups is 2. The summed E-state index contributed by atoms with van der Waals surface area (Å²) < 4.78 is 31.4. The van der Waals surface area contributed by atoms with Crippen molar-refractivity contribution in [3.05, 3.63) is 63.2 Å². The Morgan fingerprint density at radius 3 is 2.47 bits per heavy atom. The predicted molar refractivity (Wildman–Crippen MR) is 137 cm³/mol. The van der Waals surface area contributed by atoms with Gasteiger partial charge in [0.15, 0.2) is 0 Å². The Kier molecular flexibility index (Phi) is 10.1. The summed E-state index contributed by atoms with van der Waals surface area (Å²) >= 11 is 6.08. The van der Waals surface area contributed by atoms with Gasteiger partial charge in [-0.2, -0.15) is 0 Å². The topological polar surface area (TPSA) is 139 Å². The number of anilines is 1. The van der Waals surface area contributed by atoms with E-state index >= 15 is 0 Å². The van der Waals surface area contributed by atoms with Gasteiger partial charge in [0.05, 0.1) is 18.3 Å². The molecule has 0 saturated heterocycles. The Hall–Kier alpha value is -3.38. The highest BCUT2D eigenvalue weighted by molar-refractivity contribution is 7.92. The summed E-state index contributed by atoms with van der Waals surface area (Å²) in [6, 6.07) is 9.20. The maximum Gasteiger partial charge on any atom is 0.271 e. The lowest BCUT2D eigenvalue weighted by Gasteiger charge is -2.31. The van der Waals surface area contributed by atoms with Crippen LogP contribution in [0.4, 0.5) is 11.4 Å². The number of carbonyl (C=O) groups excluding carboxylic acids is 2. The summed E-state index contributed by atoms with van der Waals surface area (Å²) in [5.41, 5.74) is 0.0770. The first kappa shape index (κ1) is 28.9. The molecule has 0 spiro atoms. The number of hydrogen-bond donors (Lipinski definition) is 1. The smallest absolute Gasteiger partial charge is 0.271 e. The molecule has 0 aliphatic heterocycles. The van der Waals surface area contributed by atoms with Gasteiger partial charge in [0.1, 0.15) is 24.0 Å². The fourth-order valence-corrected chi connectivity index (χ4v) is 4.45. The SMILES string of the molecule is CCCNC(=O)C(C)N(Cc1cccc(Cl)c1)C(=O)CN(c1cc([N+](=O)[O-])ccc1OC)S(C)(=O)=O. The third kappa shape index (κ3) is 7.56. The van der Waals surface area contributed by atoms with Gasteiger partial charge in [0.2, 0.25) is 21.8 Å². The molecular weight excluding hydrogens is 512 g/mol. The van der Waals surface area contributed by atoms with Gasteiger partial charge in [-0.25, -0.2) is 8.42 Å². The number of benzene rings is 2. The van der Waals surface area contributed by atoms with Crippen molar-refractivity contribution in [3.63, 3.8) is 0 Å². The van der Waals surface area contributed by atoms with Gasteiger partial charge in [-0.3, -0.25) is 24.0 Å². The Morgan fingerprint density at radius 2 is 1.92 bits per heavy atom. The van der Waals surface area contributed by atoms with E-state index in [0.29, 0.717) is 23.6 Å². The predicted octanol–water partition coefficient (Wildman–Crippen LogP) is 2.97. The third-order valence-electron chi connectivity index (χ3n) is 5.28. The molecule has 2 aromatic rings. The van der Waals surface area contributed by atoms with E-state index in [9.17, 15) is 28.1 Å². The second kappa shape index (κ2) is 12.5. The summed E-state index contributed by atoms with van der Waals surface area (Å²) in [5.74, 6) is -1.09. The molecule has 1 atom stereocenters. The van der Waals surface area contributed by atoms with E-state index in [1.165, 1.54) is 25.0 Å². The molecule has 196 valence electrons. The first-order valence-corrected chi connectivity index (χ1v) is 13.2. The molecule has 2 aromatic carbocycles. The van der Waals surface area contributed by atoms with E-state index in [-0.39, 0.29) is 23.7 Å². The molecule has 11 nitrogen and oxygen atoms in total. The Labute approximate surface area is 215 Å². The number of non-ortho nitro benzene ring substituents is 1. The van der Waals surface area contributed by atoms with Crippen molar-refractivity contribution < 1.29 is 27.7 Å². The number of rotatable bonds is 12. The molecule has 0 radical (unpaired) electrons. The van der Waals surface area contributed by atoms with E-state index in [1.807, 2.05) is 6.92 Å². The molecule has 0 heterocycles. The highest BCUT2D eigenvalue weighted by atomic mass is 35.5. The van der Waals surface area contributed by atoms with Crippen molar-refractivity contribution in [2.24, 2.45) is 0 Å². The average molecular weight is 541 g/mol. The summed E-state index contributed by atoms with van der Waals surface area (Å²) in [4.78, 5) is 38.1. The van der Waals surface area contributed by atoms with Crippen molar-refractivity contribution >= 4 is 44.8 Å². The van der Waals surface area contributed by atoms with Crippen LogP contribution >= 0.6 is 11.6 Å². The zero-order valence-electron chi connectivity index (χ0n) is 20.4. The Morgan fingerprint density at radius 1 is 1.22 bits per heavy atom. The van der Waals surface area contributed by atoms with Gasteiger partial charge in [-0.05, 0) is 37.1 Å². The minimum absolute atomic E-state index is 0.0222. The van der Waals surface area contributed by atoms with Crippen LogP contribution in [0.15, 0.2) is 42.5 Å². The fraction of sp³-hybridized carbons (Fsp3) is 0.391. The molecule has 13 heteroatoms. The summed E-state index contributed by atoms with van der Waals surface area (Å²) in [6.45, 7) is 3.08. The molecular formula is C23H29ClN4O7S. The number of ether oxygens (including phenoxy) is 1. The van der Waals surface area contributed by atoms with Crippen LogP contribution in [0.2, 0.25) is 5.02 Å². The summed E-state index contributed by atoms with van der Waals surface area (Å²) in [5, 5.41) is 14.5. The van der Waals surface area contributed by atoms with Crippen LogP contribution in [0, 0.1) is 10.1 Å². The normalized spacial score (nSPS) is 11.9. The largest absolute Gasteiger partial charge is 0.495 e. The highest BCUT2D eigenvalue weighted by Crippen LogP contribution is 2.34. The van der Waals surface area contributed by atoms with E-state index < -0.39 is 39.3 Å². The van der Waals surface area contributed by atoms with E-state index in [4.69, 9.17) is 16.3 Å². The second-order valence-corrected chi connectivity index (χ2v) is 10.3. The molecule has 0 aromatic heterocycles. The molecule has 2 amide bonds. The van der Waals surface area contributed by atoms with Gasteiger partial charge < -0.3 is 15.0 Å². The molecule has 1 unspecified atom stereocenters. The van der Waals surface area contributed by atoms with Gasteiger partial charge in [-0.1, -0.05) is 30.7 Å². The van der Waals surface area contributed by atoms with Crippen LogP contribution in [-0.2, 0) is 26.2 Å². The van der Waals surface area contributed by atoms with E-state index in [1.54, 1.807) is 24.3 Å². The first-order chi connectivity index (χ1) is 16.9. The van der Waals surface area contributed by atoms with Crippen molar-refractivity contribution in [2.45, 2.75) is 32.9 Å². The van der Waals surface area contributed by atoms with Gasteiger partial charge in [0.25, 0.3) is 5.69 Å². The maximum atomic E-state index is 13.5. The van der Waals surface area contributed by atoms with E-state index in [0.717, 1.165) is 22.7 Å². The second-order valence-electron chi connectivity index (χ2n) is 8.00. The van der Waals surface area contributed by atoms with Crippen molar-refractivity contribution in [2.75, 3.05) is 30.8 Å². The number of sulfonamides is 1. The van der Waals surface area contributed by atoms with Crippen molar-refractivity contribution in [3.8, 4) is 5.75 Å². The number of nitrogens with zero attached hydrogens (tertiary/aromatic N) is 3. The number of hydrogen-bond acceptors (Lipinski definition) is 7. The van der Waals surface area contributed by atoms with Gasteiger partial charge in [0, 0.05) is 30.2 Å². The molecule has 0 aliphatic rings. The standard InChI is InChI=1S/C23H29ClN4O7S/c1-5-11-25-23(30)16(2)26(14-17-7-6-8-18(24)12-17)22(29)15-27(36(4,33)34)20-13-19(28(31)32)9-10-21(20)35-3/h6-10,12-13,16H,5,11,14-15H2,1-4H3,(H,25,30). The molecule has 0 saturated carbocycles. The molecule has 36 heavy (non-hydrogen) atoms. The minimum atomic E-state index is -4.10. The van der Waals surface area contributed by atoms with Crippen LogP contribution in [0.3, 0.4) is 0 Å². The molecule has 0 aliphatic carbocycles. The first-order valence-electron chi connectivity index (χ1n) is 11.0. The minimum Gasteiger partial charge on any atom is -0.495 e.